The minimum Gasteiger partial charge on any atom is -0.497 e. The van der Waals surface area contributed by atoms with Crippen LogP contribution < -0.4 is 10.3 Å². The Morgan fingerprint density at radius 2 is 1.87 bits per heavy atom. The standard InChI is InChI=1S/C23H29N5O3/c1-16-19(8-9-22(29)27-12-10-25(2)11-13-27)23(30)28-21(26(16)3)15-20(24-28)17-6-5-7-18(14-17)31-4/h5-7,14-15H,8-13H2,1-4H3. The van der Waals surface area contributed by atoms with Gasteiger partial charge in [-0.1, -0.05) is 12.1 Å². The summed E-state index contributed by atoms with van der Waals surface area (Å²) in [6.07, 6.45) is 0.739. The Morgan fingerprint density at radius 1 is 1.13 bits per heavy atom. The van der Waals surface area contributed by atoms with E-state index in [-0.39, 0.29) is 11.5 Å². The van der Waals surface area contributed by atoms with Gasteiger partial charge in [0, 0.05) is 62.5 Å². The fraction of sp³-hybridized carbons (Fsp3) is 0.435. The molecule has 0 atom stereocenters. The number of hydrogen-bond acceptors (Lipinski definition) is 5. The van der Waals surface area contributed by atoms with E-state index in [0.29, 0.717) is 24.1 Å². The molecule has 1 fully saturated rings. The number of likely N-dealkylation sites (N-methyl/N-ethyl adjacent to an activating group) is 1. The van der Waals surface area contributed by atoms with Gasteiger partial charge in [-0.25, -0.2) is 0 Å². The van der Waals surface area contributed by atoms with Crippen LogP contribution in [0.4, 0.5) is 0 Å². The van der Waals surface area contributed by atoms with E-state index in [0.717, 1.165) is 48.8 Å². The molecule has 0 aliphatic carbocycles. The Balaban J connectivity index is 1.62. The van der Waals surface area contributed by atoms with Crippen LogP contribution in [0, 0.1) is 6.92 Å². The average Bonchev–Trinajstić information content (AvgIpc) is 3.24. The summed E-state index contributed by atoms with van der Waals surface area (Å²) < 4.78 is 8.71. The molecule has 3 aromatic rings. The number of amides is 1. The molecule has 0 N–H and O–H groups in total. The topological polar surface area (TPSA) is 72.1 Å². The van der Waals surface area contributed by atoms with Crippen molar-refractivity contribution < 1.29 is 9.53 Å². The number of carbonyl (C=O) groups excluding carboxylic acids is 1. The third-order valence-electron chi connectivity index (χ3n) is 6.23. The van der Waals surface area contributed by atoms with Crippen LogP contribution in [0.3, 0.4) is 0 Å². The SMILES string of the molecule is COc1cccc(-c2cc3n(C)c(C)c(CCC(=O)N4CCN(C)CC4)c(=O)n3n2)c1. The van der Waals surface area contributed by atoms with Crippen molar-refractivity contribution in [1.29, 1.82) is 0 Å². The maximum Gasteiger partial charge on any atom is 0.277 e. The van der Waals surface area contributed by atoms with Gasteiger partial charge in [-0.3, -0.25) is 9.59 Å². The lowest BCUT2D eigenvalue weighted by atomic mass is 10.1. The zero-order valence-corrected chi connectivity index (χ0v) is 18.6. The van der Waals surface area contributed by atoms with Crippen LogP contribution in [-0.2, 0) is 18.3 Å². The van der Waals surface area contributed by atoms with Crippen LogP contribution >= 0.6 is 0 Å². The Kier molecular flexibility index (Phi) is 5.82. The minimum absolute atomic E-state index is 0.104. The number of benzene rings is 1. The second kappa shape index (κ2) is 8.55. The summed E-state index contributed by atoms with van der Waals surface area (Å²) >= 11 is 0. The first-order valence-corrected chi connectivity index (χ1v) is 10.6. The first-order valence-electron chi connectivity index (χ1n) is 10.6. The van der Waals surface area contributed by atoms with Crippen molar-refractivity contribution in [2.24, 2.45) is 7.05 Å². The number of piperazine rings is 1. The highest BCUT2D eigenvalue weighted by atomic mass is 16.5. The summed E-state index contributed by atoms with van der Waals surface area (Å²) in [5.41, 5.74) is 3.64. The van der Waals surface area contributed by atoms with Gasteiger partial charge in [-0.15, -0.1) is 0 Å². The van der Waals surface area contributed by atoms with E-state index < -0.39 is 0 Å². The highest BCUT2D eigenvalue weighted by molar-refractivity contribution is 5.76. The minimum atomic E-state index is -0.161. The summed E-state index contributed by atoms with van der Waals surface area (Å²) in [7, 11) is 5.61. The molecule has 8 nitrogen and oxygen atoms in total. The maximum atomic E-state index is 13.2. The molecule has 8 heteroatoms. The molecular formula is C23H29N5O3. The summed E-state index contributed by atoms with van der Waals surface area (Å²) in [5.74, 6) is 0.841. The number of methoxy groups -OCH3 is 1. The van der Waals surface area contributed by atoms with E-state index in [1.54, 1.807) is 7.11 Å². The van der Waals surface area contributed by atoms with E-state index in [9.17, 15) is 9.59 Å². The molecule has 0 unspecified atom stereocenters. The lowest BCUT2D eigenvalue weighted by molar-refractivity contribution is -0.132. The zero-order chi connectivity index (χ0) is 22.1. The number of rotatable bonds is 5. The summed E-state index contributed by atoms with van der Waals surface area (Å²) in [5, 5.41) is 4.57. The lowest BCUT2D eigenvalue weighted by Crippen LogP contribution is -2.47. The normalized spacial score (nSPS) is 14.9. The monoisotopic (exact) mass is 423 g/mol. The molecule has 1 aliphatic heterocycles. The van der Waals surface area contributed by atoms with E-state index in [1.807, 2.05) is 53.8 Å². The van der Waals surface area contributed by atoms with Gasteiger partial charge in [0.25, 0.3) is 5.56 Å². The molecule has 3 heterocycles. The van der Waals surface area contributed by atoms with Crippen LogP contribution in [0.15, 0.2) is 35.1 Å². The summed E-state index contributed by atoms with van der Waals surface area (Å²) in [6, 6.07) is 9.52. The quantitative estimate of drug-likeness (QED) is 0.625. The number of ether oxygens (including phenoxy) is 1. The molecule has 1 aromatic carbocycles. The number of fused-ring (bicyclic) bond motifs is 1. The molecule has 1 saturated heterocycles. The molecule has 1 amide bonds. The van der Waals surface area contributed by atoms with Crippen LogP contribution in [0.25, 0.3) is 16.9 Å². The maximum absolute atomic E-state index is 13.2. The van der Waals surface area contributed by atoms with Gasteiger partial charge in [0.1, 0.15) is 11.4 Å². The molecule has 0 spiro atoms. The van der Waals surface area contributed by atoms with E-state index in [4.69, 9.17) is 4.74 Å². The Morgan fingerprint density at radius 3 is 2.58 bits per heavy atom. The van der Waals surface area contributed by atoms with Crippen molar-refractivity contribution in [2.45, 2.75) is 19.8 Å². The van der Waals surface area contributed by atoms with Gasteiger partial charge in [0.2, 0.25) is 5.91 Å². The number of nitrogens with zero attached hydrogens (tertiary/aromatic N) is 5. The molecule has 1 aliphatic rings. The first kappa shape index (κ1) is 21.1. The van der Waals surface area contributed by atoms with Crippen molar-refractivity contribution >= 4 is 11.6 Å². The predicted molar refractivity (Wildman–Crippen MR) is 120 cm³/mol. The fourth-order valence-electron chi connectivity index (χ4n) is 4.07. The van der Waals surface area contributed by atoms with Gasteiger partial charge < -0.3 is 19.1 Å². The second-order valence-corrected chi connectivity index (χ2v) is 8.14. The number of hydrogen-bond donors (Lipinski definition) is 0. The molecule has 31 heavy (non-hydrogen) atoms. The molecule has 164 valence electrons. The number of aryl methyl sites for hydroxylation is 1. The number of aromatic nitrogens is 3. The van der Waals surface area contributed by atoms with Crippen molar-refractivity contribution in [3.05, 3.63) is 51.9 Å². The van der Waals surface area contributed by atoms with Crippen molar-refractivity contribution in [3.8, 4) is 17.0 Å². The van der Waals surface area contributed by atoms with E-state index in [2.05, 4.69) is 17.0 Å². The largest absolute Gasteiger partial charge is 0.497 e. The molecule has 2 aromatic heterocycles. The molecule has 0 bridgehead atoms. The Hall–Kier alpha value is -3.13. The van der Waals surface area contributed by atoms with Crippen molar-refractivity contribution in [1.82, 2.24) is 24.0 Å². The van der Waals surface area contributed by atoms with Crippen LogP contribution in [0.5, 0.6) is 5.75 Å². The Bertz CT molecular complexity index is 1170. The highest BCUT2D eigenvalue weighted by Crippen LogP contribution is 2.24. The zero-order valence-electron chi connectivity index (χ0n) is 18.6. The highest BCUT2D eigenvalue weighted by Gasteiger charge is 2.21. The second-order valence-electron chi connectivity index (χ2n) is 8.14. The van der Waals surface area contributed by atoms with Gasteiger partial charge in [-0.05, 0) is 32.5 Å². The molecule has 0 radical (unpaired) electrons. The summed E-state index contributed by atoms with van der Waals surface area (Å²) in [4.78, 5) is 30.0. The van der Waals surface area contributed by atoms with Gasteiger partial charge >= 0.3 is 0 Å². The smallest absolute Gasteiger partial charge is 0.277 e. The molecular weight excluding hydrogens is 394 g/mol. The van der Waals surface area contributed by atoms with E-state index >= 15 is 0 Å². The van der Waals surface area contributed by atoms with Crippen LogP contribution in [0.2, 0.25) is 0 Å². The third-order valence-corrected chi connectivity index (χ3v) is 6.23. The third kappa shape index (κ3) is 4.07. The molecule has 4 rings (SSSR count). The van der Waals surface area contributed by atoms with Crippen molar-refractivity contribution in [2.75, 3.05) is 40.3 Å². The Labute approximate surface area is 181 Å². The van der Waals surface area contributed by atoms with Gasteiger partial charge in [-0.2, -0.15) is 9.61 Å². The molecule has 0 saturated carbocycles. The summed E-state index contributed by atoms with van der Waals surface area (Å²) in [6.45, 7) is 5.19. The number of carbonyl (C=O) groups is 1. The fourth-order valence-corrected chi connectivity index (χ4v) is 4.07. The average molecular weight is 424 g/mol. The van der Waals surface area contributed by atoms with Crippen LogP contribution in [0.1, 0.15) is 17.7 Å². The van der Waals surface area contributed by atoms with Gasteiger partial charge in [0.05, 0.1) is 12.8 Å². The lowest BCUT2D eigenvalue weighted by Gasteiger charge is -2.32. The first-order chi connectivity index (χ1) is 14.9. The van der Waals surface area contributed by atoms with Crippen molar-refractivity contribution in [3.63, 3.8) is 0 Å². The van der Waals surface area contributed by atoms with Gasteiger partial charge in [0.15, 0.2) is 0 Å². The van der Waals surface area contributed by atoms with Crippen LogP contribution in [-0.4, -0.2) is 70.2 Å². The van der Waals surface area contributed by atoms with E-state index in [1.165, 1.54) is 4.52 Å². The predicted octanol–water partition coefficient (Wildman–Crippen LogP) is 1.72.